The molecule has 0 amide bonds. The molecule has 0 saturated carbocycles. The maximum atomic E-state index is 10.9. The summed E-state index contributed by atoms with van der Waals surface area (Å²) in [5, 5.41) is 17.7. The van der Waals surface area contributed by atoms with Crippen LogP contribution in [0.4, 0.5) is 0 Å². The first-order valence-electron chi connectivity index (χ1n) is 8.65. The summed E-state index contributed by atoms with van der Waals surface area (Å²) in [5.41, 5.74) is 2.01. The van der Waals surface area contributed by atoms with Crippen LogP contribution >= 0.6 is 0 Å². The first kappa shape index (κ1) is 20.6. The number of hydrogen-bond acceptors (Lipinski definition) is 3. The molecule has 136 valence electrons. The molecule has 5 nitrogen and oxygen atoms in total. The van der Waals surface area contributed by atoms with Gasteiger partial charge in [0.2, 0.25) is 0 Å². The van der Waals surface area contributed by atoms with E-state index >= 15 is 0 Å². The Kier molecular flexibility index (Phi) is 9.84. The summed E-state index contributed by atoms with van der Waals surface area (Å²) in [6.45, 7) is 0.304. The Morgan fingerprint density at radius 1 is 1.00 bits per heavy atom. The van der Waals surface area contributed by atoms with Crippen LogP contribution < -0.4 is 4.74 Å². The van der Waals surface area contributed by atoms with Crippen molar-refractivity contribution >= 4 is 11.9 Å². The summed E-state index contributed by atoms with van der Waals surface area (Å²) in [4.78, 5) is 21.5. The highest BCUT2D eigenvalue weighted by molar-refractivity contribution is 5.67. The Labute approximate surface area is 149 Å². The fourth-order valence-corrected chi connectivity index (χ4v) is 2.62. The Balaban J connectivity index is 2.72. The SMILES string of the molecule is C#CCCCCCc1cccc(OCCCC(=O)O)c1CCC(=O)O. The number of carbonyl (C=O) groups is 2. The average molecular weight is 346 g/mol. The molecule has 0 spiro atoms. The number of rotatable bonds is 13. The molecule has 1 aromatic carbocycles. The van der Waals surface area contributed by atoms with Gasteiger partial charge in [-0.2, -0.15) is 0 Å². The minimum atomic E-state index is -0.851. The van der Waals surface area contributed by atoms with Gasteiger partial charge in [0.25, 0.3) is 0 Å². The summed E-state index contributed by atoms with van der Waals surface area (Å²) >= 11 is 0. The van der Waals surface area contributed by atoms with E-state index in [9.17, 15) is 9.59 Å². The van der Waals surface area contributed by atoms with Crippen molar-refractivity contribution in [3.63, 3.8) is 0 Å². The van der Waals surface area contributed by atoms with Crippen LogP contribution in [-0.2, 0) is 22.4 Å². The zero-order chi connectivity index (χ0) is 18.5. The van der Waals surface area contributed by atoms with E-state index in [1.165, 1.54) is 0 Å². The number of carboxylic acid groups (broad SMARTS) is 2. The maximum absolute atomic E-state index is 10.9. The van der Waals surface area contributed by atoms with Gasteiger partial charge in [0.15, 0.2) is 0 Å². The molecule has 0 fully saturated rings. The highest BCUT2D eigenvalue weighted by Gasteiger charge is 2.12. The number of aryl methyl sites for hydroxylation is 1. The summed E-state index contributed by atoms with van der Waals surface area (Å²) < 4.78 is 5.72. The smallest absolute Gasteiger partial charge is 0.303 e. The van der Waals surface area contributed by atoms with Crippen LogP contribution in [0, 0.1) is 12.3 Å². The van der Waals surface area contributed by atoms with Crippen molar-refractivity contribution in [2.24, 2.45) is 0 Å². The summed E-state index contributed by atoms with van der Waals surface area (Å²) in [7, 11) is 0. The molecule has 1 rings (SSSR count). The second-order valence-electron chi connectivity index (χ2n) is 5.90. The van der Waals surface area contributed by atoms with Gasteiger partial charge in [0.05, 0.1) is 6.61 Å². The molecule has 1 aromatic rings. The maximum Gasteiger partial charge on any atom is 0.303 e. The Bertz CT molecular complexity index is 601. The summed E-state index contributed by atoms with van der Waals surface area (Å²) in [6.07, 6.45) is 10.8. The Morgan fingerprint density at radius 3 is 2.44 bits per heavy atom. The molecule has 0 saturated heterocycles. The topological polar surface area (TPSA) is 83.8 Å². The van der Waals surface area contributed by atoms with Gasteiger partial charge >= 0.3 is 11.9 Å². The van der Waals surface area contributed by atoms with Gasteiger partial charge in [0.1, 0.15) is 5.75 Å². The number of unbranched alkanes of at least 4 members (excludes halogenated alkanes) is 3. The van der Waals surface area contributed by atoms with Crippen LogP contribution in [0.5, 0.6) is 5.75 Å². The van der Waals surface area contributed by atoms with Crippen molar-refractivity contribution in [2.45, 2.75) is 57.8 Å². The zero-order valence-electron chi connectivity index (χ0n) is 14.5. The fourth-order valence-electron chi connectivity index (χ4n) is 2.62. The molecule has 0 bridgehead atoms. The normalized spacial score (nSPS) is 10.2. The van der Waals surface area contributed by atoms with Gasteiger partial charge < -0.3 is 14.9 Å². The van der Waals surface area contributed by atoms with Crippen molar-refractivity contribution in [2.75, 3.05) is 6.61 Å². The number of ether oxygens (including phenoxy) is 1. The predicted octanol–water partition coefficient (Wildman–Crippen LogP) is 3.68. The van der Waals surface area contributed by atoms with E-state index in [2.05, 4.69) is 5.92 Å². The quantitative estimate of drug-likeness (QED) is 0.420. The molecule has 0 unspecified atom stereocenters. The minimum Gasteiger partial charge on any atom is -0.493 e. The van der Waals surface area contributed by atoms with E-state index in [-0.39, 0.29) is 12.8 Å². The molecule has 0 aliphatic heterocycles. The number of aliphatic carboxylic acids is 2. The second-order valence-corrected chi connectivity index (χ2v) is 5.90. The Hall–Kier alpha value is -2.48. The second kappa shape index (κ2) is 12.0. The third-order valence-electron chi connectivity index (χ3n) is 3.88. The first-order valence-corrected chi connectivity index (χ1v) is 8.65. The molecular formula is C20H26O5. The number of hydrogen-bond donors (Lipinski definition) is 2. The van der Waals surface area contributed by atoms with Crippen molar-refractivity contribution in [3.8, 4) is 18.1 Å². The van der Waals surface area contributed by atoms with Crippen molar-refractivity contribution < 1.29 is 24.5 Å². The largest absolute Gasteiger partial charge is 0.493 e. The zero-order valence-corrected chi connectivity index (χ0v) is 14.5. The molecule has 0 heterocycles. The number of terminal acetylenes is 1. The van der Waals surface area contributed by atoms with E-state index in [1.54, 1.807) is 0 Å². The fraction of sp³-hybridized carbons (Fsp3) is 0.500. The molecule has 25 heavy (non-hydrogen) atoms. The monoisotopic (exact) mass is 346 g/mol. The highest BCUT2D eigenvalue weighted by Crippen LogP contribution is 2.26. The third kappa shape index (κ3) is 8.80. The molecule has 5 heteroatoms. The van der Waals surface area contributed by atoms with Gasteiger partial charge in [-0.25, -0.2) is 0 Å². The van der Waals surface area contributed by atoms with E-state index in [0.717, 1.165) is 43.2 Å². The van der Waals surface area contributed by atoms with E-state index in [1.807, 2.05) is 18.2 Å². The van der Waals surface area contributed by atoms with Crippen LogP contribution in [0.15, 0.2) is 18.2 Å². The van der Waals surface area contributed by atoms with E-state index in [4.69, 9.17) is 21.4 Å². The lowest BCUT2D eigenvalue weighted by atomic mass is 9.97. The standard InChI is InChI=1S/C20H26O5/c1-2-3-4-5-6-9-16-10-7-11-18(17(16)13-14-20(23)24)25-15-8-12-19(21)22/h1,7,10-11H,3-6,8-9,12-15H2,(H,21,22)(H,23,24). The number of carboxylic acids is 2. The van der Waals surface area contributed by atoms with Crippen LogP contribution in [-0.4, -0.2) is 28.8 Å². The van der Waals surface area contributed by atoms with E-state index in [0.29, 0.717) is 25.2 Å². The lowest BCUT2D eigenvalue weighted by Gasteiger charge is -2.15. The predicted molar refractivity (Wildman–Crippen MR) is 95.8 cm³/mol. The van der Waals surface area contributed by atoms with E-state index < -0.39 is 11.9 Å². The average Bonchev–Trinajstić information content (AvgIpc) is 2.57. The Morgan fingerprint density at radius 2 is 1.76 bits per heavy atom. The first-order chi connectivity index (χ1) is 12.0. The van der Waals surface area contributed by atoms with Gasteiger partial charge in [-0.05, 0) is 49.3 Å². The highest BCUT2D eigenvalue weighted by atomic mass is 16.5. The minimum absolute atomic E-state index is 0.0413. The van der Waals surface area contributed by atoms with Crippen LogP contribution in [0.1, 0.15) is 56.1 Å². The molecule has 2 N–H and O–H groups in total. The van der Waals surface area contributed by atoms with Gasteiger partial charge in [0, 0.05) is 19.3 Å². The third-order valence-corrected chi connectivity index (χ3v) is 3.88. The van der Waals surface area contributed by atoms with Crippen LogP contribution in [0.25, 0.3) is 0 Å². The van der Waals surface area contributed by atoms with Crippen molar-refractivity contribution in [1.29, 1.82) is 0 Å². The van der Waals surface area contributed by atoms with Crippen LogP contribution in [0.3, 0.4) is 0 Å². The summed E-state index contributed by atoms with van der Waals surface area (Å²) in [5.74, 6) is 1.59. The molecule has 0 aromatic heterocycles. The molecule has 0 aliphatic rings. The van der Waals surface area contributed by atoms with Gasteiger partial charge in [-0.15, -0.1) is 12.3 Å². The molecule has 0 atom stereocenters. The van der Waals surface area contributed by atoms with Gasteiger partial charge in [-0.1, -0.05) is 18.6 Å². The van der Waals surface area contributed by atoms with Gasteiger partial charge in [-0.3, -0.25) is 9.59 Å². The van der Waals surface area contributed by atoms with Crippen molar-refractivity contribution in [3.05, 3.63) is 29.3 Å². The number of benzene rings is 1. The van der Waals surface area contributed by atoms with Crippen molar-refractivity contribution in [1.82, 2.24) is 0 Å². The molecular weight excluding hydrogens is 320 g/mol. The lowest BCUT2D eigenvalue weighted by Crippen LogP contribution is -2.07. The molecule has 0 radical (unpaired) electrons. The lowest BCUT2D eigenvalue weighted by molar-refractivity contribution is -0.138. The van der Waals surface area contributed by atoms with Crippen LogP contribution in [0.2, 0.25) is 0 Å². The summed E-state index contributed by atoms with van der Waals surface area (Å²) in [6, 6.07) is 5.72. The molecule has 0 aliphatic carbocycles.